The van der Waals surface area contributed by atoms with Crippen molar-refractivity contribution >= 4 is 0 Å². The molecule has 0 aliphatic carbocycles. The van der Waals surface area contributed by atoms with Crippen LogP contribution in [-0.2, 0) is 12.2 Å². The third-order valence-electron chi connectivity index (χ3n) is 3.21. The van der Waals surface area contributed by atoms with Crippen molar-refractivity contribution < 1.29 is 18.4 Å². The van der Waals surface area contributed by atoms with Crippen molar-refractivity contribution in [3.05, 3.63) is 23.6 Å². The standard InChI is InChI=1S/C14H16FN3O3/c1-14(2,15)9-6-11-10(19-3-4-20-11)5-8(9)13-17-12(7-16)21-18-13/h5-6H,3-4,7,16H2,1-2H3. The normalized spacial score (nSPS) is 14.3. The summed E-state index contributed by atoms with van der Waals surface area (Å²) in [7, 11) is 0. The Bertz CT molecular complexity index is 664. The van der Waals surface area contributed by atoms with Crippen LogP contribution in [0.1, 0.15) is 25.3 Å². The lowest BCUT2D eigenvalue weighted by Crippen LogP contribution is -2.18. The number of rotatable bonds is 3. The Morgan fingerprint density at radius 1 is 1.24 bits per heavy atom. The number of halogens is 1. The second-order valence-corrected chi connectivity index (χ2v) is 5.23. The molecular formula is C14H16FN3O3. The molecule has 21 heavy (non-hydrogen) atoms. The first-order chi connectivity index (χ1) is 9.99. The van der Waals surface area contributed by atoms with Crippen LogP contribution in [0.3, 0.4) is 0 Å². The quantitative estimate of drug-likeness (QED) is 0.933. The molecule has 2 N–H and O–H groups in total. The molecular weight excluding hydrogens is 277 g/mol. The van der Waals surface area contributed by atoms with Gasteiger partial charge in [0, 0.05) is 11.1 Å². The van der Waals surface area contributed by atoms with Gasteiger partial charge < -0.3 is 19.7 Å². The summed E-state index contributed by atoms with van der Waals surface area (Å²) in [6.45, 7) is 3.95. The minimum atomic E-state index is -1.59. The smallest absolute Gasteiger partial charge is 0.240 e. The summed E-state index contributed by atoms with van der Waals surface area (Å²) in [6, 6.07) is 3.30. The number of hydrogen-bond acceptors (Lipinski definition) is 6. The number of fused-ring (bicyclic) bond motifs is 1. The van der Waals surface area contributed by atoms with E-state index in [4.69, 9.17) is 19.7 Å². The summed E-state index contributed by atoms with van der Waals surface area (Å²) in [5, 5.41) is 3.85. The molecule has 2 aromatic rings. The van der Waals surface area contributed by atoms with Gasteiger partial charge in [-0.25, -0.2) is 4.39 Å². The Hall–Kier alpha value is -2.15. The summed E-state index contributed by atoms with van der Waals surface area (Å²) in [5.74, 6) is 1.65. The fourth-order valence-corrected chi connectivity index (χ4v) is 2.21. The minimum absolute atomic E-state index is 0.131. The maximum Gasteiger partial charge on any atom is 0.240 e. The average molecular weight is 293 g/mol. The lowest BCUT2D eigenvalue weighted by atomic mass is 9.93. The Kier molecular flexibility index (Phi) is 3.29. The van der Waals surface area contributed by atoms with Gasteiger partial charge in [-0.1, -0.05) is 5.16 Å². The number of ether oxygens (including phenoxy) is 2. The van der Waals surface area contributed by atoms with Gasteiger partial charge in [0.25, 0.3) is 0 Å². The van der Waals surface area contributed by atoms with Crippen molar-refractivity contribution in [2.24, 2.45) is 5.73 Å². The monoisotopic (exact) mass is 293 g/mol. The predicted octanol–water partition coefficient (Wildman–Crippen LogP) is 2.17. The Labute approximate surface area is 121 Å². The molecule has 1 aromatic heterocycles. The molecule has 0 amide bonds. The van der Waals surface area contributed by atoms with Gasteiger partial charge in [0.2, 0.25) is 11.7 Å². The first kappa shape index (κ1) is 13.8. The van der Waals surface area contributed by atoms with Crippen LogP contribution < -0.4 is 15.2 Å². The van der Waals surface area contributed by atoms with Crippen LogP contribution in [0.15, 0.2) is 16.7 Å². The highest BCUT2D eigenvalue weighted by atomic mass is 19.1. The molecule has 0 atom stereocenters. The van der Waals surface area contributed by atoms with E-state index in [0.717, 1.165) is 0 Å². The lowest BCUT2D eigenvalue weighted by Gasteiger charge is -2.24. The van der Waals surface area contributed by atoms with Crippen molar-refractivity contribution in [2.75, 3.05) is 13.2 Å². The highest BCUT2D eigenvalue weighted by Gasteiger charge is 2.29. The van der Waals surface area contributed by atoms with E-state index in [9.17, 15) is 4.39 Å². The molecule has 2 heterocycles. The highest BCUT2D eigenvalue weighted by Crippen LogP contribution is 2.41. The zero-order chi connectivity index (χ0) is 15.0. The van der Waals surface area contributed by atoms with Crippen LogP contribution in [0.5, 0.6) is 11.5 Å². The summed E-state index contributed by atoms with van der Waals surface area (Å²) in [4.78, 5) is 4.16. The molecule has 0 unspecified atom stereocenters. The number of benzene rings is 1. The van der Waals surface area contributed by atoms with Crippen molar-refractivity contribution in [1.29, 1.82) is 0 Å². The van der Waals surface area contributed by atoms with E-state index in [1.807, 2.05) is 0 Å². The van der Waals surface area contributed by atoms with Gasteiger partial charge in [-0.2, -0.15) is 4.98 Å². The molecule has 0 bridgehead atoms. The van der Waals surface area contributed by atoms with E-state index in [0.29, 0.717) is 41.7 Å². The van der Waals surface area contributed by atoms with E-state index in [1.165, 1.54) is 13.8 Å². The van der Waals surface area contributed by atoms with Gasteiger partial charge >= 0.3 is 0 Å². The maximum absolute atomic E-state index is 14.5. The second kappa shape index (κ2) is 5.00. The average Bonchev–Trinajstić information content (AvgIpc) is 2.94. The van der Waals surface area contributed by atoms with Crippen LogP contribution in [0.4, 0.5) is 4.39 Å². The highest BCUT2D eigenvalue weighted by molar-refractivity contribution is 5.67. The van der Waals surface area contributed by atoms with E-state index in [-0.39, 0.29) is 12.4 Å². The van der Waals surface area contributed by atoms with Crippen LogP contribution in [0.2, 0.25) is 0 Å². The number of nitrogens with two attached hydrogens (primary N) is 1. The van der Waals surface area contributed by atoms with Gasteiger partial charge in [-0.15, -0.1) is 0 Å². The molecule has 1 aliphatic heterocycles. The number of hydrogen-bond donors (Lipinski definition) is 1. The fourth-order valence-electron chi connectivity index (χ4n) is 2.21. The summed E-state index contributed by atoms with van der Waals surface area (Å²) in [6.07, 6.45) is 0. The number of alkyl halides is 1. The predicted molar refractivity (Wildman–Crippen MR) is 72.7 cm³/mol. The SMILES string of the molecule is CC(C)(F)c1cc2c(cc1-c1noc(CN)n1)OCCO2. The maximum atomic E-state index is 14.5. The van der Waals surface area contributed by atoms with E-state index >= 15 is 0 Å². The molecule has 0 saturated heterocycles. The van der Waals surface area contributed by atoms with E-state index in [1.54, 1.807) is 12.1 Å². The van der Waals surface area contributed by atoms with Crippen LogP contribution in [-0.4, -0.2) is 23.4 Å². The summed E-state index contributed by atoms with van der Waals surface area (Å²) >= 11 is 0. The topological polar surface area (TPSA) is 83.4 Å². The first-order valence-electron chi connectivity index (χ1n) is 6.65. The molecule has 0 saturated carbocycles. The zero-order valence-corrected chi connectivity index (χ0v) is 11.9. The summed E-state index contributed by atoms with van der Waals surface area (Å²) < 4.78 is 30.5. The fraction of sp³-hybridized carbons (Fsp3) is 0.429. The molecule has 112 valence electrons. The van der Waals surface area contributed by atoms with Crippen LogP contribution in [0, 0.1) is 0 Å². The molecule has 0 spiro atoms. The molecule has 6 nitrogen and oxygen atoms in total. The first-order valence-corrected chi connectivity index (χ1v) is 6.65. The van der Waals surface area contributed by atoms with Crippen molar-refractivity contribution in [3.63, 3.8) is 0 Å². The van der Waals surface area contributed by atoms with E-state index in [2.05, 4.69) is 10.1 Å². The number of nitrogens with zero attached hydrogens (tertiary/aromatic N) is 2. The molecule has 0 radical (unpaired) electrons. The van der Waals surface area contributed by atoms with Gasteiger partial charge in [0.05, 0.1) is 6.54 Å². The molecule has 0 fully saturated rings. The largest absolute Gasteiger partial charge is 0.486 e. The van der Waals surface area contributed by atoms with E-state index < -0.39 is 5.67 Å². The Balaban J connectivity index is 2.16. The van der Waals surface area contributed by atoms with Gasteiger partial charge in [0.1, 0.15) is 18.9 Å². The van der Waals surface area contributed by atoms with Gasteiger partial charge in [-0.3, -0.25) is 0 Å². The number of aromatic nitrogens is 2. The molecule has 1 aliphatic rings. The molecule has 1 aromatic carbocycles. The van der Waals surface area contributed by atoms with Crippen LogP contribution >= 0.6 is 0 Å². The third-order valence-corrected chi connectivity index (χ3v) is 3.21. The zero-order valence-electron chi connectivity index (χ0n) is 11.9. The van der Waals surface area contributed by atoms with Crippen molar-refractivity contribution in [2.45, 2.75) is 26.1 Å². The molecule has 7 heteroatoms. The lowest BCUT2D eigenvalue weighted by molar-refractivity contribution is 0.169. The summed E-state index contributed by atoms with van der Waals surface area (Å²) in [5.41, 5.74) is 4.79. The van der Waals surface area contributed by atoms with Crippen LogP contribution in [0.25, 0.3) is 11.4 Å². The van der Waals surface area contributed by atoms with Crippen molar-refractivity contribution in [3.8, 4) is 22.9 Å². The Morgan fingerprint density at radius 2 is 1.90 bits per heavy atom. The second-order valence-electron chi connectivity index (χ2n) is 5.23. The Morgan fingerprint density at radius 3 is 2.48 bits per heavy atom. The third kappa shape index (κ3) is 2.56. The van der Waals surface area contributed by atoms with Gasteiger partial charge in [0.15, 0.2) is 11.5 Å². The van der Waals surface area contributed by atoms with Gasteiger partial charge in [-0.05, 0) is 26.0 Å². The van der Waals surface area contributed by atoms with Crippen molar-refractivity contribution in [1.82, 2.24) is 10.1 Å². The molecule has 3 rings (SSSR count). The minimum Gasteiger partial charge on any atom is -0.486 e.